The first kappa shape index (κ1) is 13.8. The quantitative estimate of drug-likeness (QED) is 0.888. The third-order valence-electron chi connectivity index (χ3n) is 4.56. The molecule has 0 bridgehead atoms. The number of nitrogens with one attached hydrogen (secondary N) is 1. The Labute approximate surface area is 122 Å². The molecule has 20 heavy (non-hydrogen) atoms. The van der Waals surface area contributed by atoms with Gasteiger partial charge in [-0.3, -0.25) is 9.88 Å². The van der Waals surface area contributed by atoms with E-state index in [0.29, 0.717) is 6.04 Å². The van der Waals surface area contributed by atoms with Crippen molar-refractivity contribution in [2.75, 3.05) is 31.6 Å². The standard InChI is InChI=1S/C16H26N4/c1-3-15-12-20(9-8-19(15)2)16-6-7-17-14(10-16)11-18-13-4-5-13/h6-7,10,13,15,18H,3-5,8-9,11-12H2,1-2H3. The predicted octanol–water partition coefficient (Wildman–Crippen LogP) is 1.86. The molecule has 0 spiro atoms. The van der Waals surface area contributed by atoms with E-state index in [-0.39, 0.29) is 0 Å². The molecule has 2 fully saturated rings. The van der Waals surface area contributed by atoms with Crippen LogP contribution in [-0.2, 0) is 6.54 Å². The van der Waals surface area contributed by atoms with Crippen molar-refractivity contribution in [3.63, 3.8) is 0 Å². The molecule has 1 atom stereocenters. The van der Waals surface area contributed by atoms with Crippen LogP contribution in [0.5, 0.6) is 0 Å². The summed E-state index contributed by atoms with van der Waals surface area (Å²) < 4.78 is 0. The van der Waals surface area contributed by atoms with Crippen LogP contribution in [0.1, 0.15) is 31.9 Å². The van der Waals surface area contributed by atoms with Crippen molar-refractivity contribution in [1.82, 2.24) is 15.2 Å². The van der Waals surface area contributed by atoms with Crippen LogP contribution in [0.4, 0.5) is 5.69 Å². The van der Waals surface area contributed by atoms with E-state index in [1.807, 2.05) is 6.20 Å². The second-order valence-electron chi connectivity index (χ2n) is 6.15. The molecule has 0 aromatic carbocycles. The summed E-state index contributed by atoms with van der Waals surface area (Å²) in [6.45, 7) is 6.58. The first-order valence-electron chi connectivity index (χ1n) is 7.89. The fraction of sp³-hybridized carbons (Fsp3) is 0.688. The predicted molar refractivity (Wildman–Crippen MR) is 83.0 cm³/mol. The van der Waals surface area contributed by atoms with Crippen LogP contribution in [0.15, 0.2) is 18.3 Å². The number of nitrogens with zero attached hydrogens (tertiary/aromatic N) is 3. The molecule has 2 heterocycles. The molecular formula is C16H26N4. The minimum absolute atomic E-state index is 0.671. The zero-order chi connectivity index (χ0) is 13.9. The van der Waals surface area contributed by atoms with Gasteiger partial charge in [0, 0.05) is 50.1 Å². The molecule has 3 rings (SSSR count). The van der Waals surface area contributed by atoms with E-state index in [1.165, 1.54) is 30.6 Å². The first-order valence-corrected chi connectivity index (χ1v) is 7.89. The van der Waals surface area contributed by atoms with E-state index in [0.717, 1.165) is 32.2 Å². The van der Waals surface area contributed by atoms with Gasteiger partial charge in [0.1, 0.15) is 0 Å². The van der Waals surface area contributed by atoms with Crippen molar-refractivity contribution in [3.05, 3.63) is 24.0 Å². The third kappa shape index (κ3) is 3.30. The van der Waals surface area contributed by atoms with Gasteiger partial charge in [-0.1, -0.05) is 6.92 Å². The van der Waals surface area contributed by atoms with Gasteiger partial charge in [-0.05, 0) is 38.4 Å². The number of rotatable bonds is 5. The summed E-state index contributed by atoms with van der Waals surface area (Å²) in [7, 11) is 2.24. The highest BCUT2D eigenvalue weighted by Gasteiger charge is 2.23. The average molecular weight is 274 g/mol. The maximum Gasteiger partial charge on any atom is 0.0562 e. The Morgan fingerprint density at radius 1 is 1.35 bits per heavy atom. The molecule has 1 N–H and O–H groups in total. The lowest BCUT2D eigenvalue weighted by Crippen LogP contribution is -2.51. The van der Waals surface area contributed by atoms with Gasteiger partial charge >= 0.3 is 0 Å². The molecule has 0 amide bonds. The van der Waals surface area contributed by atoms with Gasteiger partial charge in [0.25, 0.3) is 0 Å². The molecule has 1 unspecified atom stereocenters. The van der Waals surface area contributed by atoms with Crippen LogP contribution < -0.4 is 10.2 Å². The lowest BCUT2D eigenvalue weighted by atomic mass is 10.1. The number of piperazine rings is 1. The van der Waals surface area contributed by atoms with Crippen molar-refractivity contribution in [2.45, 2.75) is 44.8 Å². The summed E-state index contributed by atoms with van der Waals surface area (Å²) in [5.74, 6) is 0. The summed E-state index contributed by atoms with van der Waals surface area (Å²) in [4.78, 5) is 9.48. The van der Waals surface area contributed by atoms with Gasteiger partial charge < -0.3 is 10.2 Å². The zero-order valence-corrected chi connectivity index (χ0v) is 12.7. The van der Waals surface area contributed by atoms with E-state index >= 15 is 0 Å². The lowest BCUT2D eigenvalue weighted by molar-refractivity contribution is 0.213. The van der Waals surface area contributed by atoms with E-state index < -0.39 is 0 Å². The number of aromatic nitrogens is 1. The second kappa shape index (κ2) is 6.10. The van der Waals surface area contributed by atoms with Crippen LogP contribution in [0.25, 0.3) is 0 Å². The van der Waals surface area contributed by atoms with E-state index in [4.69, 9.17) is 0 Å². The van der Waals surface area contributed by atoms with Gasteiger partial charge in [-0.2, -0.15) is 0 Å². The van der Waals surface area contributed by atoms with Gasteiger partial charge in [-0.25, -0.2) is 0 Å². The maximum atomic E-state index is 4.49. The van der Waals surface area contributed by atoms with Crippen molar-refractivity contribution in [3.8, 4) is 0 Å². The molecule has 1 aliphatic carbocycles. The Balaban J connectivity index is 1.64. The summed E-state index contributed by atoms with van der Waals surface area (Å²) in [6.07, 6.45) is 5.83. The fourth-order valence-corrected chi connectivity index (χ4v) is 2.92. The summed E-state index contributed by atoms with van der Waals surface area (Å²) >= 11 is 0. The second-order valence-corrected chi connectivity index (χ2v) is 6.15. The van der Waals surface area contributed by atoms with Crippen LogP contribution in [0, 0.1) is 0 Å². The molecule has 110 valence electrons. The Morgan fingerprint density at radius 3 is 2.95 bits per heavy atom. The molecule has 0 radical (unpaired) electrons. The smallest absolute Gasteiger partial charge is 0.0562 e. The number of pyridine rings is 1. The minimum atomic E-state index is 0.671. The number of hydrogen-bond acceptors (Lipinski definition) is 4. The number of likely N-dealkylation sites (N-methyl/N-ethyl adjacent to an activating group) is 1. The monoisotopic (exact) mass is 274 g/mol. The third-order valence-corrected chi connectivity index (χ3v) is 4.56. The Hall–Kier alpha value is -1.13. The highest BCUT2D eigenvalue weighted by molar-refractivity contribution is 5.47. The van der Waals surface area contributed by atoms with Crippen molar-refractivity contribution >= 4 is 5.69 Å². The molecule has 2 aliphatic rings. The normalized spacial score (nSPS) is 24.1. The first-order chi connectivity index (χ1) is 9.76. The Bertz CT molecular complexity index is 444. The number of hydrogen-bond donors (Lipinski definition) is 1. The maximum absolute atomic E-state index is 4.49. The Morgan fingerprint density at radius 2 is 2.20 bits per heavy atom. The Kier molecular flexibility index (Phi) is 4.22. The molecular weight excluding hydrogens is 248 g/mol. The molecule has 4 nitrogen and oxygen atoms in total. The SMILES string of the molecule is CCC1CN(c2ccnc(CNC3CC3)c2)CCN1C. The number of anilines is 1. The van der Waals surface area contributed by atoms with Gasteiger partial charge in [0.15, 0.2) is 0 Å². The molecule has 1 aromatic heterocycles. The van der Waals surface area contributed by atoms with Gasteiger partial charge in [0.2, 0.25) is 0 Å². The van der Waals surface area contributed by atoms with Crippen molar-refractivity contribution < 1.29 is 0 Å². The molecule has 1 saturated heterocycles. The van der Waals surface area contributed by atoms with Crippen LogP contribution in [-0.4, -0.2) is 48.6 Å². The van der Waals surface area contributed by atoms with E-state index in [9.17, 15) is 0 Å². The molecule has 1 aromatic rings. The summed E-state index contributed by atoms with van der Waals surface area (Å²) in [6, 6.07) is 5.82. The fourth-order valence-electron chi connectivity index (χ4n) is 2.92. The highest BCUT2D eigenvalue weighted by Crippen LogP contribution is 2.22. The topological polar surface area (TPSA) is 31.4 Å². The minimum Gasteiger partial charge on any atom is -0.369 e. The average Bonchev–Trinajstić information content (AvgIpc) is 3.30. The highest BCUT2D eigenvalue weighted by atomic mass is 15.3. The van der Waals surface area contributed by atoms with Crippen molar-refractivity contribution in [2.24, 2.45) is 0 Å². The molecule has 1 aliphatic heterocycles. The van der Waals surface area contributed by atoms with Gasteiger partial charge in [0.05, 0.1) is 5.69 Å². The summed E-state index contributed by atoms with van der Waals surface area (Å²) in [5, 5.41) is 3.54. The van der Waals surface area contributed by atoms with Crippen LogP contribution in [0.3, 0.4) is 0 Å². The van der Waals surface area contributed by atoms with Crippen LogP contribution in [0.2, 0.25) is 0 Å². The van der Waals surface area contributed by atoms with Crippen LogP contribution >= 0.6 is 0 Å². The summed E-state index contributed by atoms with van der Waals surface area (Å²) in [5.41, 5.74) is 2.50. The molecule has 1 saturated carbocycles. The zero-order valence-electron chi connectivity index (χ0n) is 12.7. The largest absolute Gasteiger partial charge is 0.369 e. The lowest BCUT2D eigenvalue weighted by Gasteiger charge is -2.40. The van der Waals surface area contributed by atoms with E-state index in [1.54, 1.807) is 0 Å². The van der Waals surface area contributed by atoms with E-state index in [2.05, 4.69) is 46.2 Å². The molecule has 4 heteroatoms. The van der Waals surface area contributed by atoms with Crippen molar-refractivity contribution in [1.29, 1.82) is 0 Å². The van der Waals surface area contributed by atoms with Gasteiger partial charge in [-0.15, -0.1) is 0 Å².